The molecule has 0 atom stereocenters. The SMILES string of the molecule is c1ccc(-c2cc(-c3cccc(-c4nc(-c5ccccc5)nc(-c5cccc6oc7ccccc7c56)n4)c3)c(-c3ccccc3)c(-c3cccc4c3Oc3cccc5cccc-4c35)c2)cc1. The molecule has 10 aromatic carbocycles. The number of nitrogens with zero attached hydrogens (tertiary/aromatic N) is 3. The van der Waals surface area contributed by atoms with Gasteiger partial charge in [0.2, 0.25) is 0 Å². The van der Waals surface area contributed by atoms with Crippen LogP contribution in [0.3, 0.4) is 0 Å². The van der Waals surface area contributed by atoms with E-state index in [9.17, 15) is 0 Å². The van der Waals surface area contributed by atoms with Gasteiger partial charge in [-0.15, -0.1) is 0 Å². The number of furan rings is 1. The van der Waals surface area contributed by atoms with Crippen molar-refractivity contribution in [2.75, 3.05) is 0 Å². The van der Waals surface area contributed by atoms with E-state index in [0.29, 0.717) is 17.5 Å². The molecule has 308 valence electrons. The number of hydrogen-bond donors (Lipinski definition) is 0. The van der Waals surface area contributed by atoms with Gasteiger partial charge >= 0.3 is 0 Å². The van der Waals surface area contributed by atoms with E-state index in [-0.39, 0.29) is 0 Å². The fraction of sp³-hybridized carbons (Fsp3) is 0. The molecule has 0 aliphatic carbocycles. The summed E-state index contributed by atoms with van der Waals surface area (Å²) in [5, 5.41) is 4.29. The molecule has 0 fully saturated rings. The second-order valence-corrected chi connectivity index (χ2v) is 16.7. The monoisotopic (exact) mass is 843 g/mol. The third-order valence-corrected chi connectivity index (χ3v) is 12.7. The Morgan fingerprint density at radius 1 is 0.303 bits per heavy atom. The van der Waals surface area contributed by atoms with Gasteiger partial charge in [-0.05, 0) is 86.3 Å². The molecule has 0 saturated heterocycles. The third kappa shape index (κ3) is 6.28. The lowest BCUT2D eigenvalue weighted by Crippen LogP contribution is -2.01. The molecule has 0 unspecified atom stereocenters. The van der Waals surface area contributed by atoms with Crippen LogP contribution in [0.1, 0.15) is 0 Å². The standard InChI is InChI=1S/C61H37N3O2/c1-4-17-38(18-5-1)44-36-50(55(39-19-6-2-7-20-39)51(37-44)47-30-15-29-46-45-28-13-23-40-24-14-33-53(56(40)45)66-58(46)47)42-25-12-26-43(35-42)60-62-59(41-21-8-3-9-22-41)63-61(64-60)49-31-16-34-54-57(49)48-27-10-11-32-52(48)65-54/h1-37H. The van der Waals surface area contributed by atoms with Gasteiger partial charge in [-0.2, -0.15) is 0 Å². The quantitative estimate of drug-likeness (QED) is 0.160. The normalized spacial score (nSPS) is 11.8. The summed E-state index contributed by atoms with van der Waals surface area (Å²) in [4.78, 5) is 15.6. The molecular weight excluding hydrogens is 807 g/mol. The average Bonchev–Trinajstić information content (AvgIpc) is 3.78. The summed E-state index contributed by atoms with van der Waals surface area (Å²) in [7, 11) is 0. The maximum Gasteiger partial charge on any atom is 0.164 e. The maximum atomic E-state index is 7.01. The van der Waals surface area contributed by atoms with Crippen LogP contribution in [0.25, 0.3) is 123 Å². The number of hydrogen-bond acceptors (Lipinski definition) is 5. The molecule has 12 aromatic rings. The molecule has 2 aromatic heterocycles. The van der Waals surface area contributed by atoms with E-state index in [1.165, 1.54) is 5.56 Å². The summed E-state index contributed by atoms with van der Waals surface area (Å²) in [6.07, 6.45) is 0. The molecular formula is C61H37N3O2. The van der Waals surface area contributed by atoms with Crippen molar-refractivity contribution < 1.29 is 9.15 Å². The van der Waals surface area contributed by atoms with Gasteiger partial charge in [0.15, 0.2) is 17.5 Å². The van der Waals surface area contributed by atoms with Crippen molar-refractivity contribution in [1.82, 2.24) is 15.0 Å². The van der Waals surface area contributed by atoms with Gasteiger partial charge in [-0.1, -0.05) is 188 Å². The van der Waals surface area contributed by atoms with Gasteiger partial charge in [-0.25, -0.2) is 15.0 Å². The smallest absolute Gasteiger partial charge is 0.164 e. The summed E-state index contributed by atoms with van der Waals surface area (Å²) in [6, 6.07) is 78.2. The largest absolute Gasteiger partial charge is 0.456 e. The molecule has 0 amide bonds. The average molecular weight is 844 g/mol. The molecule has 0 bridgehead atoms. The Hall–Kier alpha value is -8.93. The summed E-state index contributed by atoms with van der Waals surface area (Å²) in [5.74, 6) is 3.45. The van der Waals surface area contributed by atoms with Gasteiger partial charge in [-0.3, -0.25) is 0 Å². The van der Waals surface area contributed by atoms with E-state index in [2.05, 4.69) is 164 Å². The first kappa shape index (κ1) is 37.6. The van der Waals surface area contributed by atoms with Crippen molar-refractivity contribution in [2.24, 2.45) is 0 Å². The van der Waals surface area contributed by atoms with Crippen LogP contribution in [0, 0.1) is 0 Å². The zero-order chi connectivity index (χ0) is 43.6. The van der Waals surface area contributed by atoms with Crippen LogP contribution in [-0.2, 0) is 0 Å². The number of aromatic nitrogens is 3. The number of ether oxygens (including phenoxy) is 1. The highest BCUT2D eigenvalue weighted by atomic mass is 16.5. The Labute approximate surface area is 380 Å². The zero-order valence-corrected chi connectivity index (χ0v) is 35.5. The fourth-order valence-corrected chi connectivity index (χ4v) is 9.72. The molecule has 0 spiro atoms. The Morgan fingerprint density at radius 2 is 0.848 bits per heavy atom. The molecule has 0 N–H and O–H groups in total. The molecule has 0 saturated carbocycles. The van der Waals surface area contributed by atoms with Crippen molar-refractivity contribution in [3.63, 3.8) is 0 Å². The summed E-state index contributed by atoms with van der Waals surface area (Å²) >= 11 is 0. The van der Waals surface area contributed by atoms with Gasteiger partial charge in [0.25, 0.3) is 0 Å². The van der Waals surface area contributed by atoms with Crippen LogP contribution in [0.5, 0.6) is 11.5 Å². The van der Waals surface area contributed by atoms with Crippen LogP contribution in [-0.4, -0.2) is 15.0 Å². The maximum absolute atomic E-state index is 7.01. The van der Waals surface area contributed by atoms with Crippen LogP contribution in [0.2, 0.25) is 0 Å². The van der Waals surface area contributed by atoms with Crippen LogP contribution in [0.15, 0.2) is 229 Å². The first-order valence-electron chi connectivity index (χ1n) is 22.2. The first-order chi connectivity index (χ1) is 32.7. The molecule has 3 heterocycles. The number of fused-ring (bicyclic) bond motifs is 5. The minimum absolute atomic E-state index is 0.574. The van der Waals surface area contributed by atoms with Crippen LogP contribution >= 0.6 is 0 Å². The van der Waals surface area contributed by atoms with E-state index >= 15 is 0 Å². The summed E-state index contributed by atoms with van der Waals surface area (Å²) < 4.78 is 13.3. The molecule has 66 heavy (non-hydrogen) atoms. The molecule has 13 rings (SSSR count). The molecule has 1 aliphatic rings. The Morgan fingerprint density at radius 3 is 1.65 bits per heavy atom. The Kier molecular flexibility index (Phi) is 8.78. The lowest BCUT2D eigenvalue weighted by molar-refractivity contribution is 0.489. The van der Waals surface area contributed by atoms with Gasteiger partial charge < -0.3 is 9.15 Å². The third-order valence-electron chi connectivity index (χ3n) is 12.7. The Bertz CT molecular complexity index is 3840. The predicted octanol–water partition coefficient (Wildman–Crippen LogP) is 16.4. The molecule has 0 radical (unpaired) electrons. The second-order valence-electron chi connectivity index (χ2n) is 16.7. The lowest BCUT2D eigenvalue weighted by atomic mass is 9.83. The van der Waals surface area contributed by atoms with Gasteiger partial charge in [0.1, 0.15) is 22.7 Å². The highest BCUT2D eigenvalue weighted by Gasteiger charge is 2.26. The topological polar surface area (TPSA) is 61.0 Å². The predicted molar refractivity (Wildman–Crippen MR) is 268 cm³/mol. The van der Waals surface area contributed by atoms with E-state index < -0.39 is 0 Å². The second kappa shape index (κ2) is 15.4. The Balaban J connectivity index is 1.05. The van der Waals surface area contributed by atoms with Crippen molar-refractivity contribution in [1.29, 1.82) is 0 Å². The molecule has 5 nitrogen and oxygen atoms in total. The van der Waals surface area contributed by atoms with E-state index in [1.54, 1.807) is 0 Å². The minimum atomic E-state index is 0.574. The zero-order valence-electron chi connectivity index (χ0n) is 35.5. The highest BCUT2D eigenvalue weighted by Crippen LogP contribution is 2.53. The van der Waals surface area contributed by atoms with Gasteiger partial charge in [0.05, 0.1) is 0 Å². The van der Waals surface area contributed by atoms with Crippen molar-refractivity contribution >= 4 is 32.7 Å². The van der Waals surface area contributed by atoms with Crippen molar-refractivity contribution in [2.45, 2.75) is 0 Å². The van der Waals surface area contributed by atoms with Crippen molar-refractivity contribution in [3.05, 3.63) is 224 Å². The van der Waals surface area contributed by atoms with Crippen LogP contribution in [0.4, 0.5) is 0 Å². The van der Waals surface area contributed by atoms with E-state index in [1.807, 2.05) is 60.7 Å². The summed E-state index contributed by atoms with van der Waals surface area (Å²) in [5.41, 5.74) is 15.1. The first-order valence-corrected chi connectivity index (χ1v) is 22.2. The molecule has 5 heteroatoms. The highest BCUT2D eigenvalue weighted by molar-refractivity contribution is 6.12. The number of benzene rings is 10. The lowest BCUT2D eigenvalue weighted by Gasteiger charge is -2.25. The van der Waals surface area contributed by atoms with E-state index in [0.717, 1.165) is 111 Å². The number of rotatable bonds is 7. The van der Waals surface area contributed by atoms with Gasteiger partial charge in [0, 0.05) is 44.0 Å². The van der Waals surface area contributed by atoms with Crippen molar-refractivity contribution in [3.8, 4) is 101 Å². The fourth-order valence-electron chi connectivity index (χ4n) is 9.72. The minimum Gasteiger partial charge on any atom is -0.456 e. The number of para-hydroxylation sites is 2. The van der Waals surface area contributed by atoms with Crippen LogP contribution < -0.4 is 4.74 Å². The van der Waals surface area contributed by atoms with E-state index in [4.69, 9.17) is 24.1 Å². The summed E-state index contributed by atoms with van der Waals surface area (Å²) in [6.45, 7) is 0. The molecule has 1 aliphatic heterocycles.